The van der Waals surface area contributed by atoms with Crippen molar-refractivity contribution in [2.45, 2.75) is 17.6 Å². The maximum atomic E-state index is 11.8. The highest BCUT2D eigenvalue weighted by molar-refractivity contribution is 7.86. The van der Waals surface area contributed by atoms with Gasteiger partial charge in [-0.2, -0.15) is 17.6 Å². The Balaban J connectivity index is 5.29. The number of halogens is 6. The zero-order valence-corrected chi connectivity index (χ0v) is 6.29. The Morgan fingerprint density at radius 1 is 1.08 bits per heavy atom. The highest BCUT2D eigenvalue weighted by Crippen LogP contribution is 2.42. The quantitative estimate of drug-likeness (QED) is 0.538. The molecule has 3 nitrogen and oxygen atoms in total. The van der Waals surface area contributed by atoms with Gasteiger partial charge >= 0.3 is 17.6 Å². The number of hydrogen-bond acceptors (Lipinski definition) is 3. The van der Waals surface area contributed by atoms with Gasteiger partial charge in [-0.25, -0.2) is 17.2 Å². The summed E-state index contributed by atoms with van der Waals surface area (Å²) < 4.78 is 98.0. The van der Waals surface area contributed by atoms with E-state index in [1.165, 1.54) is 0 Å². The molecule has 10 heteroatoms. The van der Waals surface area contributed by atoms with Crippen LogP contribution < -0.4 is 0 Å². The van der Waals surface area contributed by atoms with E-state index in [1.54, 1.807) is 0 Å². The Morgan fingerprint density at radius 2 is 1.38 bits per heavy atom. The Labute approximate surface area is 68.1 Å². The monoisotopic (exact) mass is 231 g/mol. The molecule has 0 aliphatic heterocycles. The molecule has 0 unspecified atom stereocenters. The van der Waals surface area contributed by atoms with Gasteiger partial charge in [-0.3, -0.25) is 0 Å². The first kappa shape index (κ1) is 12.5. The van der Waals surface area contributed by atoms with Gasteiger partial charge in [0.15, 0.2) is 10.1 Å². The van der Waals surface area contributed by atoms with E-state index in [1.807, 2.05) is 0 Å². The van der Waals surface area contributed by atoms with Crippen LogP contribution in [0.15, 0.2) is 0 Å². The van der Waals surface area contributed by atoms with Crippen LogP contribution in [0.3, 0.4) is 0 Å². The van der Waals surface area contributed by atoms with Crippen LogP contribution in [0.25, 0.3) is 0 Å². The Bertz CT molecular complexity index is 281. The first-order valence-corrected chi connectivity index (χ1v) is 3.84. The summed E-state index contributed by atoms with van der Waals surface area (Å²) in [7, 11) is -6.82. The van der Waals surface area contributed by atoms with E-state index < -0.39 is 27.7 Å². The van der Waals surface area contributed by atoms with Gasteiger partial charge in [-0.15, -0.1) is 0 Å². The molecule has 0 saturated carbocycles. The maximum absolute atomic E-state index is 11.8. The number of alkyl halides is 6. The van der Waals surface area contributed by atoms with Crippen LogP contribution in [0.1, 0.15) is 0 Å². The lowest BCUT2D eigenvalue weighted by Crippen LogP contribution is -2.51. The molecule has 0 bridgehead atoms. The van der Waals surface area contributed by atoms with Crippen LogP contribution in [0, 0.1) is 0 Å². The molecule has 0 amide bonds. The number of hydrogen-bond donors (Lipinski definition) is 0. The molecule has 0 atom stereocenters. The van der Waals surface area contributed by atoms with Crippen molar-refractivity contribution in [1.29, 1.82) is 0 Å². The van der Waals surface area contributed by atoms with Crippen molar-refractivity contribution in [2.24, 2.45) is 0 Å². The lowest BCUT2D eigenvalue weighted by atomic mass is 10.4. The Morgan fingerprint density at radius 3 is 1.46 bits per heavy atom. The molecule has 13 heavy (non-hydrogen) atoms. The van der Waals surface area contributed by atoms with Crippen molar-refractivity contribution in [3.8, 4) is 0 Å². The van der Waals surface area contributed by atoms with E-state index in [-0.39, 0.29) is 0 Å². The van der Waals surface area contributed by atoms with Crippen LogP contribution in [-0.4, -0.2) is 30.6 Å². The van der Waals surface area contributed by atoms with Crippen molar-refractivity contribution in [3.63, 3.8) is 0 Å². The summed E-state index contributed by atoms with van der Waals surface area (Å²) in [5, 5.41) is -6.31. The molecule has 0 aliphatic rings. The average molecular weight is 231 g/mol. The van der Waals surface area contributed by atoms with Crippen LogP contribution in [0.5, 0.6) is 0 Å². The Hall–Kier alpha value is -0.510. The van der Waals surface area contributed by atoms with Gasteiger partial charge in [-0.1, -0.05) is 0 Å². The van der Waals surface area contributed by atoms with E-state index in [4.69, 9.17) is 0 Å². The van der Waals surface area contributed by atoms with Crippen LogP contribution in [-0.2, 0) is 10.1 Å². The fourth-order valence-electron chi connectivity index (χ4n) is 0.294. The second-order valence-corrected chi connectivity index (χ2v) is 3.32. The highest BCUT2D eigenvalue weighted by Gasteiger charge is 2.67. The molecule has 80 valence electrons. The number of rotatable bonds is 3. The second kappa shape index (κ2) is 3.01. The minimum absolute atomic E-state index is 4.94. The molecule has 0 heterocycles. The molecule has 0 rings (SSSR count). The van der Waals surface area contributed by atoms with E-state index in [0.717, 1.165) is 0 Å². The third-order valence-electron chi connectivity index (χ3n) is 0.976. The second-order valence-electron chi connectivity index (χ2n) is 1.89. The summed E-state index contributed by atoms with van der Waals surface area (Å²) in [6.45, 7) is 0. The van der Waals surface area contributed by atoms with Gasteiger partial charge in [-0.05, 0) is 0 Å². The summed E-state index contributed by atoms with van der Waals surface area (Å²) in [6.07, 6.45) is -4.94. The summed E-state index contributed by atoms with van der Waals surface area (Å²) in [5.74, 6) is -6.19. The predicted octanol–water partition coefficient (Wildman–Crippen LogP) is 1.02. The zero-order chi connectivity index (χ0) is 11.1. The van der Waals surface area contributed by atoms with Gasteiger partial charge in [0.05, 0.1) is 0 Å². The molecule has 0 spiro atoms. The fourth-order valence-corrected chi connectivity index (χ4v) is 0.716. The topological polar surface area (TPSA) is 57.2 Å². The molecule has 0 radical (unpaired) electrons. The third kappa shape index (κ3) is 1.88. The van der Waals surface area contributed by atoms with Gasteiger partial charge < -0.3 is 4.55 Å². The predicted molar refractivity (Wildman–Crippen MR) is 25.6 cm³/mol. The fraction of sp³-hybridized carbons (Fsp3) is 1.00. The van der Waals surface area contributed by atoms with E-state index in [0.29, 0.717) is 0 Å². The molecule has 0 aromatic rings. The largest absolute Gasteiger partial charge is 0.743 e. The van der Waals surface area contributed by atoms with Crippen molar-refractivity contribution in [2.75, 3.05) is 0 Å². The van der Waals surface area contributed by atoms with Gasteiger partial charge in [0.25, 0.3) is 0 Å². The van der Waals surface area contributed by atoms with Crippen molar-refractivity contribution in [1.82, 2.24) is 0 Å². The smallest absolute Gasteiger partial charge is 0.402 e. The van der Waals surface area contributed by atoms with Crippen LogP contribution >= 0.6 is 0 Å². The summed E-state index contributed by atoms with van der Waals surface area (Å²) in [4.78, 5) is 0. The third-order valence-corrected chi connectivity index (χ3v) is 1.88. The lowest BCUT2D eigenvalue weighted by Gasteiger charge is -2.27. The van der Waals surface area contributed by atoms with Crippen molar-refractivity contribution < 1.29 is 39.3 Å². The molecular formula is C3HF6O3S-. The summed E-state index contributed by atoms with van der Waals surface area (Å²) in [6, 6.07) is 0. The minimum atomic E-state index is -6.82. The van der Waals surface area contributed by atoms with Gasteiger partial charge in [0.2, 0.25) is 0 Å². The van der Waals surface area contributed by atoms with Crippen molar-refractivity contribution in [3.05, 3.63) is 0 Å². The first-order chi connectivity index (χ1) is 5.44. The highest BCUT2D eigenvalue weighted by atomic mass is 32.2. The van der Waals surface area contributed by atoms with E-state index in [2.05, 4.69) is 0 Å². The minimum Gasteiger partial charge on any atom is -0.743 e. The standard InChI is InChI=1S/C3H2F6O3S/c4-1(5)2(6,7)3(8,9)13(10,11)12/h1H,(H,10,11,12)/p-1. The van der Waals surface area contributed by atoms with Crippen LogP contribution in [0.4, 0.5) is 26.3 Å². The van der Waals surface area contributed by atoms with E-state index in [9.17, 15) is 39.3 Å². The first-order valence-electron chi connectivity index (χ1n) is 2.44. The zero-order valence-electron chi connectivity index (χ0n) is 5.48. The summed E-state index contributed by atoms with van der Waals surface area (Å²) in [5.41, 5.74) is 0. The van der Waals surface area contributed by atoms with E-state index >= 15 is 0 Å². The SMILES string of the molecule is O=S(=O)([O-])C(F)(F)C(F)(F)C(F)F. The molecule has 0 aliphatic carbocycles. The summed E-state index contributed by atoms with van der Waals surface area (Å²) >= 11 is 0. The van der Waals surface area contributed by atoms with Gasteiger partial charge in [0, 0.05) is 0 Å². The Kier molecular flexibility index (Phi) is 2.89. The molecule has 0 aromatic carbocycles. The lowest BCUT2D eigenvalue weighted by molar-refractivity contribution is -0.227. The normalized spacial score (nSPS) is 15.1. The average Bonchev–Trinajstić information content (AvgIpc) is 1.84. The molecular weight excluding hydrogens is 230 g/mol. The molecule has 0 aromatic heterocycles. The van der Waals surface area contributed by atoms with Crippen LogP contribution in [0.2, 0.25) is 0 Å². The van der Waals surface area contributed by atoms with Gasteiger partial charge in [0.1, 0.15) is 0 Å². The molecule has 0 N–H and O–H groups in total. The molecule has 0 saturated heterocycles. The maximum Gasteiger partial charge on any atom is 0.402 e. The molecule has 0 fully saturated rings. The van der Waals surface area contributed by atoms with Crippen molar-refractivity contribution >= 4 is 10.1 Å².